The molecule has 0 bridgehead atoms. The Labute approximate surface area is 116 Å². The molecule has 1 fully saturated rings. The van der Waals surface area contributed by atoms with Gasteiger partial charge in [0.1, 0.15) is 5.76 Å². The zero-order valence-corrected chi connectivity index (χ0v) is 12.4. The molecule has 3 nitrogen and oxygen atoms in total. The Kier molecular flexibility index (Phi) is 4.36. The normalized spacial score (nSPS) is 23.2. The number of nitrogens with one attached hydrogen (secondary N) is 1. The van der Waals surface area contributed by atoms with Crippen molar-refractivity contribution in [2.45, 2.75) is 64.5 Å². The molecule has 0 amide bonds. The van der Waals surface area contributed by atoms with Crippen LogP contribution in [0.25, 0.3) is 0 Å². The first-order valence-corrected chi connectivity index (χ1v) is 7.37. The van der Waals surface area contributed by atoms with Gasteiger partial charge in [-0.3, -0.25) is 0 Å². The third kappa shape index (κ3) is 4.36. The summed E-state index contributed by atoms with van der Waals surface area (Å²) in [7, 11) is 0. The average Bonchev–Trinajstić information content (AvgIpc) is 2.84. The molecule has 1 unspecified atom stereocenters. The van der Waals surface area contributed by atoms with Crippen LogP contribution in [0.1, 0.15) is 52.2 Å². The van der Waals surface area contributed by atoms with Crippen molar-refractivity contribution in [3.8, 4) is 0 Å². The summed E-state index contributed by atoms with van der Waals surface area (Å²) in [6.45, 7) is 7.41. The number of rotatable bonds is 5. The van der Waals surface area contributed by atoms with Gasteiger partial charge in [-0.15, -0.1) is 0 Å². The largest absolute Gasteiger partial charge is 0.469 e. The van der Waals surface area contributed by atoms with Gasteiger partial charge in [-0.05, 0) is 50.2 Å². The molecular weight excluding hydrogens is 238 g/mol. The first kappa shape index (κ1) is 14.6. The van der Waals surface area contributed by atoms with E-state index in [9.17, 15) is 5.11 Å². The summed E-state index contributed by atoms with van der Waals surface area (Å²) in [6.07, 6.45) is 6.60. The molecule has 108 valence electrons. The second kappa shape index (κ2) is 5.68. The predicted octanol–water partition coefficient (Wildman–Crippen LogP) is 3.13. The van der Waals surface area contributed by atoms with Gasteiger partial charge in [0.25, 0.3) is 0 Å². The average molecular weight is 265 g/mol. The monoisotopic (exact) mass is 265 g/mol. The van der Waals surface area contributed by atoms with E-state index in [1.807, 2.05) is 12.1 Å². The first-order valence-electron chi connectivity index (χ1n) is 7.37. The Balaban J connectivity index is 1.75. The fourth-order valence-electron chi connectivity index (χ4n) is 2.74. The van der Waals surface area contributed by atoms with Gasteiger partial charge in [-0.2, -0.15) is 0 Å². The minimum atomic E-state index is -0.521. The van der Waals surface area contributed by atoms with Gasteiger partial charge in [0.2, 0.25) is 0 Å². The molecule has 0 saturated heterocycles. The number of furan rings is 1. The molecule has 0 spiro atoms. The summed E-state index contributed by atoms with van der Waals surface area (Å²) in [5.74, 6) is 0.997. The van der Waals surface area contributed by atoms with Crippen LogP contribution >= 0.6 is 0 Å². The highest BCUT2D eigenvalue weighted by molar-refractivity contribution is 5.00. The van der Waals surface area contributed by atoms with Gasteiger partial charge in [-0.25, -0.2) is 0 Å². The smallest absolute Gasteiger partial charge is 0.105 e. The molecule has 1 saturated carbocycles. The predicted molar refractivity (Wildman–Crippen MR) is 77.1 cm³/mol. The molecule has 3 heteroatoms. The van der Waals surface area contributed by atoms with Gasteiger partial charge >= 0.3 is 0 Å². The Hall–Kier alpha value is -0.800. The number of hydrogen-bond donors (Lipinski definition) is 2. The van der Waals surface area contributed by atoms with Crippen LogP contribution in [0.5, 0.6) is 0 Å². The maximum Gasteiger partial charge on any atom is 0.105 e. The third-order valence-corrected chi connectivity index (χ3v) is 4.40. The second-order valence-electron chi connectivity index (χ2n) is 6.95. The van der Waals surface area contributed by atoms with Gasteiger partial charge in [0.05, 0.1) is 11.9 Å². The van der Waals surface area contributed by atoms with Crippen molar-refractivity contribution in [3.05, 3.63) is 24.2 Å². The van der Waals surface area contributed by atoms with Crippen LogP contribution in [0.4, 0.5) is 0 Å². The van der Waals surface area contributed by atoms with Crippen LogP contribution in [0.3, 0.4) is 0 Å². The van der Waals surface area contributed by atoms with E-state index in [4.69, 9.17) is 4.42 Å². The Morgan fingerprint density at radius 3 is 2.58 bits per heavy atom. The minimum Gasteiger partial charge on any atom is -0.469 e. The molecule has 0 aliphatic heterocycles. The summed E-state index contributed by atoms with van der Waals surface area (Å²) >= 11 is 0. The van der Waals surface area contributed by atoms with E-state index in [1.165, 1.54) is 0 Å². The summed E-state index contributed by atoms with van der Waals surface area (Å²) in [5.41, 5.74) is -0.126. The van der Waals surface area contributed by atoms with Gasteiger partial charge in [0, 0.05) is 19.0 Å². The van der Waals surface area contributed by atoms with E-state index >= 15 is 0 Å². The van der Waals surface area contributed by atoms with E-state index in [0.29, 0.717) is 18.0 Å². The minimum absolute atomic E-state index is 0.324. The molecule has 0 aromatic carbocycles. The highest BCUT2D eigenvalue weighted by atomic mass is 16.3. The highest BCUT2D eigenvalue weighted by Gasteiger charge is 2.36. The molecule has 19 heavy (non-hydrogen) atoms. The maximum absolute atomic E-state index is 10.6. The third-order valence-electron chi connectivity index (χ3n) is 4.40. The standard InChI is InChI=1S/C16H27NO2/c1-13(11-14-5-4-10-19-14)17-12-16(18)8-6-15(2,3)7-9-16/h4-5,10,13,17-18H,6-9,11-12H2,1-3H3. The van der Waals surface area contributed by atoms with Crippen molar-refractivity contribution < 1.29 is 9.52 Å². The van der Waals surface area contributed by atoms with Crippen LogP contribution in [0, 0.1) is 5.41 Å². The first-order chi connectivity index (χ1) is 8.89. The summed E-state index contributed by atoms with van der Waals surface area (Å²) < 4.78 is 5.35. The van der Waals surface area contributed by atoms with Crippen LogP contribution in [0.15, 0.2) is 22.8 Å². The highest BCUT2D eigenvalue weighted by Crippen LogP contribution is 2.39. The molecule has 1 aromatic rings. The molecule has 1 aromatic heterocycles. The fourth-order valence-corrected chi connectivity index (χ4v) is 2.74. The molecule has 2 N–H and O–H groups in total. The fraction of sp³-hybridized carbons (Fsp3) is 0.750. The lowest BCUT2D eigenvalue weighted by Crippen LogP contribution is -2.47. The quantitative estimate of drug-likeness (QED) is 0.859. The molecular formula is C16H27NO2. The molecule has 2 rings (SSSR count). The van der Waals surface area contributed by atoms with Crippen LogP contribution < -0.4 is 5.32 Å². The number of aliphatic hydroxyl groups is 1. The van der Waals surface area contributed by atoms with Crippen LogP contribution in [-0.2, 0) is 6.42 Å². The lowest BCUT2D eigenvalue weighted by atomic mass is 9.71. The molecule has 1 heterocycles. The van der Waals surface area contributed by atoms with Crippen molar-refractivity contribution in [3.63, 3.8) is 0 Å². The van der Waals surface area contributed by atoms with Crippen molar-refractivity contribution in [1.29, 1.82) is 0 Å². The lowest BCUT2D eigenvalue weighted by Gasteiger charge is -2.40. The molecule has 0 radical (unpaired) electrons. The van der Waals surface area contributed by atoms with Gasteiger partial charge < -0.3 is 14.8 Å². The van der Waals surface area contributed by atoms with E-state index < -0.39 is 5.60 Å². The SMILES string of the molecule is CC(Cc1ccco1)NCC1(O)CCC(C)(C)CC1. The second-order valence-corrected chi connectivity index (χ2v) is 6.95. The summed E-state index contributed by atoms with van der Waals surface area (Å²) in [6, 6.07) is 4.24. The van der Waals surface area contributed by atoms with E-state index in [2.05, 4.69) is 26.1 Å². The van der Waals surface area contributed by atoms with Crippen molar-refractivity contribution in [2.75, 3.05) is 6.54 Å². The summed E-state index contributed by atoms with van der Waals surface area (Å²) in [5, 5.41) is 14.0. The molecule has 1 atom stereocenters. The zero-order chi connectivity index (χ0) is 13.9. The Morgan fingerprint density at radius 2 is 2.00 bits per heavy atom. The van der Waals surface area contributed by atoms with Crippen LogP contribution in [-0.4, -0.2) is 23.3 Å². The topological polar surface area (TPSA) is 45.4 Å². The van der Waals surface area contributed by atoms with E-state index in [-0.39, 0.29) is 0 Å². The molecule has 1 aliphatic rings. The number of hydrogen-bond acceptors (Lipinski definition) is 3. The lowest BCUT2D eigenvalue weighted by molar-refractivity contribution is -0.0258. The zero-order valence-electron chi connectivity index (χ0n) is 12.4. The Morgan fingerprint density at radius 1 is 1.32 bits per heavy atom. The van der Waals surface area contributed by atoms with E-state index in [0.717, 1.165) is 37.9 Å². The van der Waals surface area contributed by atoms with Crippen molar-refractivity contribution >= 4 is 0 Å². The summed E-state index contributed by atoms with van der Waals surface area (Å²) in [4.78, 5) is 0. The maximum atomic E-state index is 10.6. The van der Waals surface area contributed by atoms with Gasteiger partial charge in [0.15, 0.2) is 0 Å². The van der Waals surface area contributed by atoms with Crippen molar-refractivity contribution in [2.24, 2.45) is 5.41 Å². The molecule has 1 aliphatic carbocycles. The van der Waals surface area contributed by atoms with E-state index in [1.54, 1.807) is 6.26 Å². The van der Waals surface area contributed by atoms with Gasteiger partial charge in [-0.1, -0.05) is 13.8 Å². The Bertz CT molecular complexity index is 373. The van der Waals surface area contributed by atoms with Crippen molar-refractivity contribution in [1.82, 2.24) is 5.32 Å². The van der Waals surface area contributed by atoms with Crippen LogP contribution in [0.2, 0.25) is 0 Å².